The van der Waals surface area contributed by atoms with Gasteiger partial charge < -0.3 is 40.3 Å². The Balaban J connectivity index is 2.20. The fourth-order valence-corrected chi connectivity index (χ4v) is 6.40. The van der Waals surface area contributed by atoms with Gasteiger partial charge in [0.05, 0.1) is 25.4 Å². The van der Waals surface area contributed by atoms with Gasteiger partial charge in [0, 0.05) is 6.42 Å². The first-order valence-electron chi connectivity index (χ1n) is 23.9. The lowest BCUT2D eigenvalue weighted by molar-refractivity contribution is -0.302. The molecule has 9 nitrogen and oxygen atoms in total. The third-order valence-electron chi connectivity index (χ3n) is 10.2. The highest BCUT2D eigenvalue weighted by molar-refractivity contribution is 5.76. The molecule has 0 saturated carbocycles. The topological polar surface area (TPSA) is 149 Å². The zero-order valence-electron chi connectivity index (χ0n) is 38.8. The van der Waals surface area contributed by atoms with Gasteiger partial charge in [-0.1, -0.05) is 173 Å². The Hall–Kier alpha value is -3.67. The minimum Gasteiger partial charge on any atom is -0.394 e. The van der Waals surface area contributed by atoms with Crippen LogP contribution in [-0.4, -0.2) is 87.5 Å². The Morgan fingerprint density at radius 2 is 1.00 bits per heavy atom. The summed E-state index contributed by atoms with van der Waals surface area (Å²) in [6, 6.07) is -0.839. The molecular weight excluding hydrogens is 791 g/mol. The van der Waals surface area contributed by atoms with E-state index in [4.69, 9.17) is 9.47 Å². The Labute approximate surface area is 381 Å². The largest absolute Gasteiger partial charge is 0.394 e. The second kappa shape index (κ2) is 42.3. The van der Waals surface area contributed by atoms with Crippen LogP contribution in [0.25, 0.3) is 0 Å². The molecular formula is C54H85NO8. The van der Waals surface area contributed by atoms with Crippen LogP contribution in [0.1, 0.15) is 142 Å². The van der Waals surface area contributed by atoms with Crippen LogP contribution < -0.4 is 5.32 Å². The Morgan fingerprint density at radius 1 is 0.556 bits per heavy atom. The Morgan fingerprint density at radius 3 is 1.51 bits per heavy atom. The van der Waals surface area contributed by atoms with Crippen molar-refractivity contribution < 1.29 is 39.8 Å². The summed E-state index contributed by atoms with van der Waals surface area (Å²) < 4.78 is 11.1. The number of amides is 1. The number of aliphatic hydroxyl groups is 5. The molecule has 9 heteroatoms. The van der Waals surface area contributed by atoms with Gasteiger partial charge in [0.2, 0.25) is 5.91 Å². The molecule has 0 aliphatic carbocycles. The molecule has 1 fully saturated rings. The van der Waals surface area contributed by atoms with E-state index in [1.54, 1.807) is 6.08 Å². The molecule has 1 saturated heterocycles. The lowest BCUT2D eigenvalue weighted by Gasteiger charge is -2.40. The first kappa shape index (κ1) is 57.3. The van der Waals surface area contributed by atoms with Gasteiger partial charge in [-0.2, -0.15) is 0 Å². The second-order valence-electron chi connectivity index (χ2n) is 15.8. The van der Waals surface area contributed by atoms with E-state index in [1.807, 2.05) is 6.08 Å². The smallest absolute Gasteiger partial charge is 0.220 e. The van der Waals surface area contributed by atoms with Crippen LogP contribution in [0.3, 0.4) is 0 Å². The molecule has 1 heterocycles. The molecule has 1 aliphatic heterocycles. The second-order valence-corrected chi connectivity index (χ2v) is 15.8. The highest BCUT2D eigenvalue weighted by Gasteiger charge is 2.44. The van der Waals surface area contributed by atoms with Gasteiger partial charge in [-0.15, -0.1) is 0 Å². The number of hydrogen-bond donors (Lipinski definition) is 6. The van der Waals surface area contributed by atoms with Crippen molar-refractivity contribution in [3.8, 4) is 0 Å². The summed E-state index contributed by atoms with van der Waals surface area (Å²) in [4.78, 5) is 12.9. The van der Waals surface area contributed by atoms with Crippen molar-refractivity contribution >= 4 is 5.91 Å². The van der Waals surface area contributed by atoms with Crippen LogP contribution >= 0.6 is 0 Å². The van der Waals surface area contributed by atoms with Crippen molar-refractivity contribution in [1.29, 1.82) is 0 Å². The maximum atomic E-state index is 12.9. The van der Waals surface area contributed by atoms with Crippen LogP contribution in [0.2, 0.25) is 0 Å². The van der Waals surface area contributed by atoms with E-state index in [1.165, 1.54) is 0 Å². The summed E-state index contributed by atoms with van der Waals surface area (Å²) in [6.45, 7) is 3.48. The first-order chi connectivity index (χ1) is 30.8. The van der Waals surface area contributed by atoms with Crippen LogP contribution in [0.5, 0.6) is 0 Å². The average molecular weight is 876 g/mol. The molecule has 1 rings (SSSR count). The van der Waals surface area contributed by atoms with Crippen molar-refractivity contribution in [2.75, 3.05) is 13.2 Å². The van der Waals surface area contributed by atoms with Gasteiger partial charge >= 0.3 is 0 Å². The van der Waals surface area contributed by atoms with Gasteiger partial charge in [-0.3, -0.25) is 4.79 Å². The monoisotopic (exact) mass is 876 g/mol. The standard InChI is InChI=1S/C54H85NO8/c1-3-5-7-9-11-12-13-14-15-16-17-18-19-20-21-22-23-24-25-26-27-28-29-30-31-32-33-34-35-36-38-40-42-44-50(58)55-47(48(57)43-41-39-37-10-8-6-4-2)46-62-54-53(61)52(60)51(59)49(45-56)63-54/h5,7-8,10-12,14-15,17-18,20-21,23-24,26-27,29-30,32-33,41,43,47-49,51-54,56-57,59-61H,3-4,6,9,13,16,19,22,25,28,31,34-40,42,44-46H2,1-2H3,(H,55,58)/b7-5-,10-8+,12-11-,15-14-,18-17-,21-20-,24-23-,27-26-,30-29-,33-32-,43-41+. The normalized spacial score (nSPS) is 21.4. The van der Waals surface area contributed by atoms with Gasteiger partial charge in [0.25, 0.3) is 0 Å². The fourth-order valence-electron chi connectivity index (χ4n) is 6.40. The lowest BCUT2D eigenvalue weighted by Crippen LogP contribution is -2.60. The average Bonchev–Trinajstić information content (AvgIpc) is 3.28. The van der Waals surface area contributed by atoms with Crippen LogP contribution in [0.15, 0.2) is 134 Å². The van der Waals surface area contributed by atoms with E-state index < -0.39 is 49.5 Å². The molecule has 0 bridgehead atoms. The molecule has 0 aromatic rings. The molecule has 0 aromatic carbocycles. The van der Waals surface area contributed by atoms with Crippen LogP contribution in [0.4, 0.5) is 0 Å². The number of unbranched alkanes of at least 4 members (excludes halogenated alkanes) is 7. The molecule has 1 amide bonds. The number of hydrogen-bond acceptors (Lipinski definition) is 8. The van der Waals surface area contributed by atoms with Crippen molar-refractivity contribution in [1.82, 2.24) is 5.32 Å². The zero-order chi connectivity index (χ0) is 45.9. The predicted octanol–water partition coefficient (Wildman–Crippen LogP) is 10.6. The highest BCUT2D eigenvalue weighted by atomic mass is 16.7. The van der Waals surface area contributed by atoms with Crippen molar-refractivity contribution in [2.24, 2.45) is 0 Å². The molecule has 7 atom stereocenters. The number of carbonyl (C=O) groups excluding carboxylic acids is 1. The summed E-state index contributed by atoms with van der Waals surface area (Å²) >= 11 is 0. The van der Waals surface area contributed by atoms with Gasteiger partial charge in [0.1, 0.15) is 24.4 Å². The lowest BCUT2D eigenvalue weighted by atomic mass is 9.99. The summed E-state index contributed by atoms with van der Waals surface area (Å²) in [5.41, 5.74) is 0. The highest BCUT2D eigenvalue weighted by Crippen LogP contribution is 2.22. The summed E-state index contributed by atoms with van der Waals surface area (Å²) in [5.74, 6) is -0.219. The van der Waals surface area contributed by atoms with Crippen molar-refractivity contribution in [2.45, 2.75) is 185 Å². The number of nitrogens with one attached hydrogen (secondary N) is 1. The molecule has 354 valence electrons. The minimum atomic E-state index is -1.58. The summed E-state index contributed by atoms with van der Waals surface area (Å²) in [6.07, 6.45) is 58.2. The van der Waals surface area contributed by atoms with E-state index >= 15 is 0 Å². The van der Waals surface area contributed by atoms with Gasteiger partial charge in [0.15, 0.2) is 6.29 Å². The Bertz CT molecular complexity index is 1430. The van der Waals surface area contributed by atoms with Crippen molar-refractivity contribution in [3.63, 3.8) is 0 Å². The number of aliphatic hydroxyl groups excluding tert-OH is 5. The van der Waals surface area contributed by atoms with Gasteiger partial charge in [-0.05, 0) is 96.3 Å². The minimum absolute atomic E-state index is 0.219. The molecule has 6 N–H and O–H groups in total. The number of rotatable bonds is 37. The van der Waals surface area contributed by atoms with Crippen molar-refractivity contribution in [3.05, 3.63) is 134 Å². The zero-order valence-corrected chi connectivity index (χ0v) is 38.8. The number of ether oxygens (including phenoxy) is 2. The summed E-state index contributed by atoms with van der Waals surface area (Å²) in [7, 11) is 0. The summed E-state index contributed by atoms with van der Waals surface area (Å²) in [5, 5.41) is 53.8. The molecule has 63 heavy (non-hydrogen) atoms. The quantitative estimate of drug-likeness (QED) is 0.0267. The van der Waals surface area contributed by atoms with Crippen LogP contribution in [-0.2, 0) is 14.3 Å². The fraction of sp³-hybridized carbons (Fsp3) is 0.574. The molecule has 1 aliphatic rings. The molecule has 0 radical (unpaired) electrons. The number of carbonyl (C=O) groups is 1. The predicted molar refractivity (Wildman–Crippen MR) is 262 cm³/mol. The first-order valence-corrected chi connectivity index (χ1v) is 23.9. The maximum absolute atomic E-state index is 12.9. The van der Waals surface area contributed by atoms with E-state index in [0.29, 0.717) is 6.42 Å². The van der Waals surface area contributed by atoms with E-state index in [9.17, 15) is 30.3 Å². The molecule has 7 unspecified atom stereocenters. The van der Waals surface area contributed by atoms with Crippen LogP contribution in [0, 0.1) is 0 Å². The van der Waals surface area contributed by atoms with E-state index in [-0.39, 0.29) is 12.5 Å². The third kappa shape index (κ3) is 32.6. The third-order valence-corrected chi connectivity index (χ3v) is 10.2. The van der Waals surface area contributed by atoms with E-state index in [0.717, 1.165) is 122 Å². The molecule has 0 spiro atoms. The van der Waals surface area contributed by atoms with E-state index in [2.05, 4.69) is 141 Å². The molecule has 0 aromatic heterocycles. The SMILES string of the molecule is CC/C=C\C/C=C\C/C=C\C/C=C\C/C=C\C/C=C\C/C=C\C/C=C\C/C=C\CCCCCCCC(=O)NC(COC1OC(CO)C(O)C(O)C1O)C(O)/C=C/CC/C=C/CCC. The number of allylic oxidation sites excluding steroid dienone is 21. The van der Waals surface area contributed by atoms with Gasteiger partial charge in [-0.25, -0.2) is 0 Å². The maximum Gasteiger partial charge on any atom is 0.220 e. The Kier molecular flexibility index (Phi) is 38.5.